The van der Waals surface area contributed by atoms with Crippen LogP contribution >= 0.6 is 11.3 Å². The Bertz CT molecular complexity index is 2700. The Morgan fingerprint density at radius 1 is 0.885 bits per heavy atom. The molecule has 7 rings (SSSR count). The first kappa shape index (κ1) is 60.4. The maximum Gasteiger partial charge on any atom is 0.509 e. The number of benzene rings is 2. The van der Waals surface area contributed by atoms with Crippen molar-refractivity contribution in [1.29, 1.82) is 0 Å². The lowest BCUT2D eigenvalue weighted by molar-refractivity contribution is -0.344. The minimum Gasteiger partial charge on any atom is -0.456 e. The van der Waals surface area contributed by atoms with Crippen LogP contribution < -0.4 is 10.5 Å². The van der Waals surface area contributed by atoms with Crippen molar-refractivity contribution in [3.8, 4) is 0 Å². The van der Waals surface area contributed by atoms with Gasteiger partial charge in [0.15, 0.2) is 31.9 Å². The molecule has 0 radical (unpaired) electrons. The van der Waals surface area contributed by atoms with E-state index in [1.165, 1.54) is 18.3 Å². The van der Waals surface area contributed by atoms with Crippen LogP contribution in [-0.2, 0) is 56.4 Å². The number of carbonyl (C=O) groups is 6. The van der Waals surface area contributed by atoms with Crippen LogP contribution in [0.25, 0.3) is 0 Å². The van der Waals surface area contributed by atoms with Crippen LogP contribution in [0.1, 0.15) is 117 Å². The van der Waals surface area contributed by atoms with Crippen LogP contribution in [0.4, 0.5) is 9.59 Å². The van der Waals surface area contributed by atoms with Gasteiger partial charge in [0.1, 0.15) is 35.6 Å². The van der Waals surface area contributed by atoms with E-state index in [0.717, 1.165) is 5.19 Å². The molecule has 2 aromatic carbocycles. The lowest BCUT2D eigenvalue weighted by Crippen LogP contribution is -2.82. The van der Waals surface area contributed by atoms with E-state index in [9.17, 15) is 24.3 Å². The summed E-state index contributed by atoms with van der Waals surface area (Å²) in [6.07, 6.45) is -11.1. The topological polar surface area (TPSA) is 218 Å². The van der Waals surface area contributed by atoms with Crippen molar-refractivity contribution in [2.24, 2.45) is 16.7 Å². The minimum atomic E-state index is -3.04. The van der Waals surface area contributed by atoms with Gasteiger partial charge in [0.25, 0.3) is 0 Å². The van der Waals surface area contributed by atoms with Gasteiger partial charge in [-0.15, -0.1) is 11.3 Å². The largest absolute Gasteiger partial charge is 0.509 e. The Morgan fingerprint density at radius 2 is 1.51 bits per heavy atom. The van der Waals surface area contributed by atoms with Crippen LogP contribution in [0.5, 0.6) is 0 Å². The summed E-state index contributed by atoms with van der Waals surface area (Å²) in [6, 6.07) is 22.0. The summed E-state index contributed by atoms with van der Waals surface area (Å²) in [6.45, 7) is 24.1. The van der Waals surface area contributed by atoms with Crippen molar-refractivity contribution in [1.82, 2.24) is 5.32 Å². The molecule has 3 aromatic rings. The molecule has 426 valence electrons. The highest BCUT2D eigenvalue weighted by molar-refractivity contribution is 7.10. The van der Waals surface area contributed by atoms with Crippen LogP contribution in [0, 0.1) is 16.7 Å². The van der Waals surface area contributed by atoms with Gasteiger partial charge in [0, 0.05) is 30.1 Å². The van der Waals surface area contributed by atoms with Gasteiger partial charge in [-0.2, -0.15) is 0 Å². The molecule has 2 saturated carbocycles. The molecule has 2 N–H and O–H groups in total. The van der Waals surface area contributed by atoms with Crippen molar-refractivity contribution >= 4 is 69.1 Å². The molecular weight excluding hydrogens is 1050 g/mol. The average molecular weight is 1130 g/mol. The molecular formula is C58H79NO16SSi2. The number of fused-ring (bicyclic) bond motifs is 5. The zero-order valence-electron chi connectivity index (χ0n) is 47.6. The number of amides is 1. The zero-order valence-corrected chi connectivity index (χ0v) is 50.4. The Hall–Kier alpha value is -5.23. The van der Waals surface area contributed by atoms with E-state index in [1.807, 2.05) is 69.6 Å². The van der Waals surface area contributed by atoms with Gasteiger partial charge in [0.05, 0.1) is 36.2 Å². The third-order valence-electron chi connectivity index (χ3n) is 16.9. The van der Waals surface area contributed by atoms with Gasteiger partial charge < -0.3 is 52.4 Å². The third-order valence-corrected chi connectivity index (χ3v) is 25.0. The van der Waals surface area contributed by atoms with E-state index in [4.69, 9.17) is 42.0 Å². The second-order valence-corrected chi connectivity index (χ2v) is 32.8. The van der Waals surface area contributed by atoms with Gasteiger partial charge in [-0.1, -0.05) is 89.2 Å². The van der Waals surface area contributed by atoms with Gasteiger partial charge in [-0.05, 0) is 113 Å². The molecule has 2 bridgehead atoms. The summed E-state index contributed by atoms with van der Waals surface area (Å²) in [5.41, 5.74) is -8.29. The fraction of sp³-hybridized carbons (Fsp3) is 0.586. The first-order valence-corrected chi connectivity index (χ1v) is 33.4. The maximum atomic E-state index is 16.8. The molecule has 4 aliphatic rings. The van der Waals surface area contributed by atoms with E-state index in [0.29, 0.717) is 23.0 Å². The van der Waals surface area contributed by atoms with Crippen molar-refractivity contribution in [2.75, 3.05) is 13.2 Å². The minimum absolute atomic E-state index is 0.00304. The lowest BCUT2D eigenvalue weighted by atomic mass is 9.44. The highest BCUT2D eigenvalue weighted by Gasteiger charge is 2.79. The molecule has 1 aromatic heterocycles. The first-order chi connectivity index (χ1) is 36.6. The molecule has 11 atom stereocenters. The predicted molar refractivity (Wildman–Crippen MR) is 296 cm³/mol. The summed E-state index contributed by atoms with van der Waals surface area (Å²) in [4.78, 5) is 89.4. The number of carbonyl (C=O) groups excluding carboxylic acids is 6. The Labute approximate surface area is 464 Å². The second kappa shape index (κ2) is 23.1. The van der Waals surface area contributed by atoms with E-state index in [-0.39, 0.29) is 36.3 Å². The highest BCUT2D eigenvalue weighted by Crippen LogP contribution is 2.65. The molecule has 1 aliphatic heterocycles. The van der Waals surface area contributed by atoms with Gasteiger partial charge in [-0.25, -0.2) is 19.2 Å². The number of ketones is 1. The summed E-state index contributed by atoms with van der Waals surface area (Å²) in [5, 5.41) is 20.1. The molecule has 2 heterocycles. The Morgan fingerprint density at radius 3 is 2.05 bits per heavy atom. The standard InChI is InChI=1S/C58H79NO16SSi2/c1-15-67-53(65)70-45-43-35(5)39(69-51(63)46(75-78(16-2,17-3)18-4)44(40-30-25-31-76-40)59-52(64)73-54(7,8)9)33-58(66,55(43,10)11)49(71-50(62)37-26-21-19-22-27-37)47-56(12,48(45)61)41(32-42-57(47,34-68-42)72-36(6)60)74-77(13,14)38-28-23-20-24-29-38/h19-31,39,41-42,44-47,49,66H,15-18,32-34H2,1-14H3,(H,59,64)/t39-,41-,42+,44-,45+,46+,47?,49-,56+,57-,58+/m0/s1. The molecule has 1 saturated heterocycles. The maximum absolute atomic E-state index is 16.8. The summed E-state index contributed by atoms with van der Waals surface area (Å²) in [5.74, 6) is -4.76. The van der Waals surface area contributed by atoms with E-state index in [2.05, 4.69) is 5.32 Å². The zero-order chi connectivity index (χ0) is 57.4. The quantitative estimate of drug-likeness (QED) is 0.0524. The third kappa shape index (κ3) is 11.4. The lowest BCUT2D eigenvalue weighted by Gasteiger charge is -2.68. The number of esters is 3. The second-order valence-electron chi connectivity index (χ2n) is 23.3. The molecule has 78 heavy (non-hydrogen) atoms. The number of aliphatic hydroxyl groups is 1. The summed E-state index contributed by atoms with van der Waals surface area (Å²) < 4.78 is 58.1. The van der Waals surface area contributed by atoms with Crippen LogP contribution in [0.15, 0.2) is 89.3 Å². The summed E-state index contributed by atoms with van der Waals surface area (Å²) >= 11 is 1.29. The number of hydrogen-bond donors (Lipinski definition) is 2. The fourth-order valence-corrected chi connectivity index (χ4v) is 18.2. The Kier molecular flexibility index (Phi) is 17.9. The number of rotatable bonds is 18. The van der Waals surface area contributed by atoms with E-state index in [1.54, 1.807) is 97.9 Å². The van der Waals surface area contributed by atoms with Crippen molar-refractivity contribution in [3.05, 3.63) is 99.8 Å². The molecule has 1 amide bonds. The first-order valence-electron chi connectivity index (χ1n) is 27.1. The van der Waals surface area contributed by atoms with E-state index >= 15 is 9.59 Å². The normalized spacial score (nSPS) is 28.4. The summed E-state index contributed by atoms with van der Waals surface area (Å²) in [7, 11) is -5.81. The monoisotopic (exact) mass is 1130 g/mol. The van der Waals surface area contributed by atoms with Gasteiger partial charge in [-0.3, -0.25) is 9.59 Å². The van der Waals surface area contributed by atoms with Crippen molar-refractivity contribution < 1.29 is 75.9 Å². The smallest absolute Gasteiger partial charge is 0.456 e. The molecule has 17 nitrogen and oxygen atoms in total. The van der Waals surface area contributed by atoms with Crippen LogP contribution in [0.3, 0.4) is 0 Å². The number of ether oxygens (including phenoxy) is 7. The number of alkyl carbamates (subject to hydrolysis) is 1. The van der Waals surface area contributed by atoms with Crippen LogP contribution in [-0.4, -0.2) is 124 Å². The molecule has 20 heteroatoms. The molecule has 0 spiro atoms. The van der Waals surface area contributed by atoms with Crippen molar-refractivity contribution in [3.63, 3.8) is 0 Å². The average Bonchev–Trinajstić information content (AvgIpc) is 3.84. The number of hydrogen-bond acceptors (Lipinski definition) is 17. The molecule has 3 fully saturated rings. The fourth-order valence-electron chi connectivity index (χ4n) is 12.4. The predicted octanol–water partition coefficient (Wildman–Crippen LogP) is 9.67. The molecule has 1 unspecified atom stereocenters. The van der Waals surface area contributed by atoms with Crippen LogP contribution in [0.2, 0.25) is 31.2 Å². The molecule has 3 aliphatic carbocycles. The number of thiophene rings is 1. The number of nitrogens with one attached hydrogen (secondary N) is 1. The highest BCUT2D eigenvalue weighted by atomic mass is 32.1. The van der Waals surface area contributed by atoms with E-state index < -0.39 is 135 Å². The van der Waals surface area contributed by atoms with Gasteiger partial charge in [0.2, 0.25) is 8.32 Å². The van der Waals surface area contributed by atoms with Gasteiger partial charge >= 0.3 is 30.2 Å². The SMILES string of the molecule is CCOC(=O)O[C@H]1C(=O)[C@@]2(C)C([C@H](OC(=O)c3ccccc3)[C@]3(O)C[C@H](OC(=O)[C@H](O[Si](CC)(CC)CC)[C@@H](NC(=O)OC(C)(C)C)c4cccs4)C(C)=C1C3(C)C)[C@]1(OC(C)=O)CO[C@@H]1C[C@@H]2O[Si](C)(C)c1ccccc1. The van der Waals surface area contributed by atoms with Crippen molar-refractivity contribution in [2.45, 2.75) is 187 Å². The number of Topliss-reactive ketones (excluding diaryl/α,β-unsaturated/α-hetero) is 1. The Balaban J connectivity index is 1.50.